The summed E-state index contributed by atoms with van der Waals surface area (Å²) in [5.41, 5.74) is 7.62. The molecule has 7 heteroatoms. The first-order chi connectivity index (χ1) is 9.43. The van der Waals surface area contributed by atoms with Gasteiger partial charge in [-0.1, -0.05) is 15.9 Å². The number of hydrogen-bond donors (Lipinski definition) is 2. The Balaban J connectivity index is 1.86. The monoisotopic (exact) mass is 342 g/mol. The molecule has 3 N–H and O–H groups in total. The number of anilines is 3. The Morgan fingerprint density at radius 1 is 1.05 bits per heavy atom. The SMILES string of the molecule is Nc1cc(Br)ccc1Nc1ccc2c(c1)OC(F)(F)O2. The number of alkyl halides is 2. The molecule has 2 aromatic carbocycles. The van der Waals surface area contributed by atoms with Crippen LogP contribution in [0.1, 0.15) is 0 Å². The number of fused-ring (bicyclic) bond motifs is 1. The molecule has 1 aliphatic heterocycles. The summed E-state index contributed by atoms with van der Waals surface area (Å²) in [7, 11) is 0. The number of rotatable bonds is 2. The average Bonchev–Trinajstić information content (AvgIpc) is 2.66. The van der Waals surface area contributed by atoms with Crippen molar-refractivity contribution < 1.29 is 18.3 Å². The molecule has 0 amide bonds. The minimum absolute atomic E-state index is 0.00401. The number of halogens is 3. The number of hydrogen-bond acceptors (Lipinski definition) is 4. The Kier molecular flexibility index (Phi) is 2.93. The summed E-state index contributed by atoms with van der Waals surface area (Å²) in [5.74, 6) is -0.0139. The van der Waals surface area contributed by atoms with Crippen LogP contribution in [0.3, 0.4) is 0 Å². The molecule has 1 aliphatic rings. The molecule has 20 heavy (non-hydrogen) atoms. The Morgan fingerprint density at radius 3 is 2.55 bits per heavy atom. The van der Waals surface area contributed by atoms with Gasteiger partial charge in [-0.2, -0.15) is 0 Å². The molecule has 0 spiro atoms. The second-order valence-corrected chi connectivity index (χ2v) is 5.10. The minimum atomic E-state index is -3.61. The quantitative estimate of drug-likeness (QED) is 0.807. The van der Waals surface area contributed by atoms with Crippen LogP contribution in [0.15, 0.2) is 40.9 Å². The topological polar surface area (TPSA) is 56.5 Å². The highest BCUT2D eigenvalue weighted by molar-refractivity contribution is 9.10. The fraction of sp³-hybridized carbons (Fsp3) is 0.0769. The highest BCUT2D eigenvalue weighted by atomic mass is 79.9. The molecule has 104 valence electrons. The van der Waals surface area contributed by atoms with Crippen LogP contribution >= 0.6 is 15.9 Å². The maximum Gasteiger partial charge on any atom is 0.586 e. The van der Waals surface area contributed by atoms with Crippen molar-refractivity contribution in [2.45, 2.75) is 6.29 Å². The lowest BCUT2D eigenvalue weighted by Crippen LogP contribution is -2.25. The molecule has 3 rings (SSSR count). The standard InChI is InChI=1S/C13H9BrF2N2O2/c14-7-1-3-10(9(17)5-7)18-8-2-4-11-12(6-8)20-13(15,16)19-11/h1-6,18H,17H2. The molecule has 0 saturated heterocycles. The zero-order valence-corrected chi connectivity index (χ0v) is 11.6. The smallest absolute Gasteiger partial charge is 0.397 e. The summed E-state index contributed by atoms with van der Waals surface area (Å²) < 4.78 is 35.4. The maximum atomic E-state index is 12.9. The number of nitrogens with two attached hydrogens (primary N) is 1. The molecule has 0 bridgehead atoms. The molecule has 2 aromatic rings. The van der Waals surface area contributed by atoms with Crippen LogP contribution in [-0.4, -0.2) is 6.29 Å². The lowest BCUT2D eigenvalue weighted by atomic mass is 10.2. The molecule has 0 saturated carbocycles. The van der Waals surface area contributed by atoms with Crippen LogP contribution < -0.4 is 20.5 Å². The predicted molar refractivity (Wildman–Crippen MR) is 74.5 cm³/mol. The molecule has 0 fully saturated rings. The van der Waals surface area contributed by atoms with Crippen molar-refractivity contribution in [2.75, 3.05) is 11.1 Å². The highest BCUT2D eigenvalue weighted by Crippen LogP contribution is 2.42. The lowest BCUT2D eigenvalue weighted by Gasteiger charge is -2.10. The molecule has 0 atom stereocenters. The predicted octanol–water partition coefficient (Wildman–Crippen LogP) is 4.10. The first-order valence-electron chi connectivity index (χ1n) is 5.65. The zero-order valence-electron chi connectivity index (χ0n) is 9.99. The summed E-state index contributed by atoms with van der Waals surface area (Å²) >= 11 is 3.31. The van der Waals surface area contributed by atoms with E-state index in [-0.39, 0.29) is 11.5 Å². The van der Waals surface area contributed by atoms with Crippen molar-refractivity contribution in [1.82, 2.24) is 0 Å². The van der Waals surface area contributed by atoms with Gasteiger partial charge < -0.3 is 20.5 Å². The second kappa shape index (κ2) is 4.52. The van der Waals surface area contributed by atoms with Crippen LogP contribution in [0.4, 0.5) is 25.8 Å². The van der Waals surface area contributed by atoms with Gasteiger partial charge in [0.25, 0.3) is 0 Å². The van der Waals surface area contributed by atoms with Crippen molar-refractivity contribution in [3.05, 3.63) is 40.9 Å². The van der Waals surface area contributed by atoms with E-state index in [1.54, 1.807) is 18.2 Å². The normalized spacial score (nSPS) is 15.2. The fourth-order valence-electron chi connectivity index (χ4n) is 1.83. The van der Waals surface area contributed by atoms with Crippen LogP contribution in [0.5, 0.6) is 11.5 Å². The Hall–Kier alpha value is -2.02. The van der Waals surface area contributed by atoms with E-state index in [0.717, 1.165) is 4.47 Å². The maximum absolute atomic E-state index is 12.9. The van der Waals surface area contributed by atoms with E-state index in [1.807, 2.05) is 6.07 Å². The van der Waals surface area contributed by atoms with Gasteiger partial charge in [-0.15, -0.1) is 8.78 Å². The van der Waals surface area contributed by atoms with E-state index >= 15 is 0 Å². The van der Waals surface area contributed by atoms with E-state index < -0.39 is 6.29 Å². The number of ether oxygens (including phenoxy) is 2. The first kappa shape index (κ1) is 13.0. The summed E-state index contributed by atoms with van der Waals surface area (Å²) in [6.45, 7) is 0. The third-order valence-corrected chi connectivity index (χ3v) is 3.19. The van der Waals surface area contributed by atoms with E-state index in [1.165, 1.54) is 12.1 Å². The minimum Gasteiger partial charge on any atom is -0.397 e. The molecular weight excluding hydrogens is 334 g/mol. The van der Waals surface area contributed by atoms with Crippen LogP contribution in [0.2, 0.25) is 0 Å². The summed E-state index contributed by atoms with van der Waals surface area (Å²) in [5, 5.41) is 3.03. The van der Waals surface area contributed by atoms with Gasteiger partial charge in [-0.3, -0.25) is 0 Å². The van der Waals surface area contributed by atoms with E-state index in [0.29, 0.717) is 17.1 Å². The van der Waals surface area contributed by atoms with Crippen LogP contribution in [0, 0.1) is 0 Å². The number of benzene rings is 2. The van der Waals surface area contributed by atoms with E-state index in [4.69, 9.17) is 5.73 Å². The van der Waals surface area contributed by atoms with Gasteiger partial charge >= 0.3 is 6.29 Å². The summed E-state index contributed by atoms with van der Waals surface area (Å²) in [4.78, 5) is 0. The van der Waals surface area contributed by atoms with Crippen LogP contribution in [-0.2, 0) is 0 Å². The molecule has 0 radical (unpaired) electrons. The van der Waals surface area contributed by atoms with Gasteiger partial charge in [-0.25, -0.2) is 0 Å². The molecule has 0 unspecified atom stereocenters. The number of nitrogen functional groups attached to an aromatic ring is 1. The van der Waals surface area contributed by atoms with Gasteiger partial charge in [0.05, 0.1) is 11.4 Å². The molecule has 4 nitrogen and oxygen atoms in total. The van der Waals surface area contributed by atoms with Crippen molar-refractivity contribution >= 4 is 33.0 Å². The average molecular weight is 343 g/mol. The van der Waals surface area contributed by atoms with Crippen molar-refractivity contribution in [1.29, 1.82) is 0 Å². The third-order valence-electron chi connectivity index (χ3n) is 2.69. The first-order valence-corrected chi connectivity index (χ1v) is 6.44. The van der Waals surface area contributed by atoms with Crippen molar-refractivity contribution in [2.24, 2.45) is 0 Å². The summed E-state index contributed by atoms with van der Waals surface area (Å²) in [6, 6.07) is 9.78. The molecular formula is C13H9BrF2N2O2. The Labute approximate surface area is 121 Å². The van der Waals surface area contributed by atoms with Gasteiger partial charge in [0, 0.05) is 16.2 Å². The lowest BCUT2D eigenvalue weighted by molar-refractivity contribution is -0.286. The van der Waals surface area contributed by atoms with E-state index in [9.17, 15) is 8.78 Å². The van der Waals surface area contributed by atoms with Gasteiger partial charge in [-0.05, 0) is 30.3 Å². The fourth-order valence-corrected chi connectivity index (χ4v) is 2.21. The molecule has 0 aromatic heterocycles. The number of nitrogens with one attached hydrogen (secondary N) is 1. The van der Waals surface area contributed by atoms with Gasteiger partial charge in [0.2, 0.25) is 0 Å². The zero-order chi connectivity index (χ0) is 14.3. The Bertz CT molecular complexity index is 679. The largest absolute Gasteiger partial charge is 0.586 e. The molecule has 1 heterocycles. The van der Waals surface area contributed by atoms with Crippen molar-refractivity contribution in [3.63, 3.8) is 0 Å². The molecule has 0 aliphatic carbocycles. The Morgan fingerprint density at radius 2 is 1.80 bits per heavy atom. The third kappa shape index (κ3) is 2.49. The second-order valence-electron chi connectivity index (χ2n) is 4.19. The summed E-state index contributed by atoms with van der Waals surface area (Å²) in [6.07, 6.45) is -3.61. The van der Waals surface area contributed by atoms with Gasteiger partial charge in [0.15, 0.2) is 11.5 Å². The van der Waals surface area contributed by atoms with E-state index in [2.05, 4.69) is 30.7 Å². The van der Waals surface area contributed by atoms with Gasteiger partial charge in [0.1, 0.15) is 0 Å². The van der Waals surface area contributed by atoms with Crippen LogP contribution in [0.25, 0.3) is 0 Å². The highest BCUT2D eigenvalue weighted by Gasteiger charge is 2.43. The van der Waals surface area contributed by atoms with Crippen molar-refractivity contribution in [3.8, 4) is 11.5 Å².